The topological polar surface area (TPSA) is 79.8 Å². The molecule has 28 heavy (non-hydrogen) atoms. The molecule has 0 saturated heterocycles. The first-order chi connectivity index (χ1) is 13.0. The molecule has 0 spiro atoms. The van der Waals surface area contributed by atoms with Gasteiger partial charge in [0, 0.05) is 18.8 Å². The number of hydrogen-bond acceptors (Lipinski definition) is 4. The number of nitrogens with one attached hydrogen (secondary N) is 2. The summed E-state index contributed by atoms with van der Waals surface area (Å²) in [6, 6.07) is 6.91. The van der Waals surface area contributed by atoms with E-state index in [1.54, 1.807) is 24.3 Å². The first-order valence-electron chi connectivity index (χ1n) is 8.93. The molecule has 6 nitrogen and oxygen atoms in total. The molecule has 0 aliphatic carbocycles. The molecule has 1 rings (SSSR count). The molecule has 10 heteroatoms. The van der Waals surface area contributed by atoms with Crippen molar-refractivity contribution in [1.82, 2.24) is 10.6 Å². The Balaban J connectivity index is 2.57. The van der Waals surface area contributed by atoms with E-state index in [-0.39, 0.29) is 18.4 Å². The molecule has 0 heterocycles. The highest BCUT2D eigenvalue weighted by Gasteiger charge is 2.27. The van der Waals surface area contributed by atoms with E-state index >= 15 is 0 Å². The zero-order valence-electron chi connectivity index (χ0n) is 16.3. The van der Waals surface area contributed by atoms with Gasteiger partial charge in [0.2, 0.25) is 0 Å². The number of aliphatic imine (C=N–C) groups is 1. The first kappa shape index (κ1) is 24.2. The average Bonchev–Trinajstić information content (AvgIpc) is 2.57. The number of alkyl halides is 3. The number of rotatable bonds is 10. The number of benzene rings is 1. The third-order valence-corrected chi connectivity index (χ3v) is 4.60. The highest BCUT2D eigenvalue weighted by Crippen LogP contribution is 2.16. The van der Waals surface area contributed by atoms with Gasteiger partial charge in [-0.05, 0) is 31.4 Å². The van der Waals surface area contributed by atoms with Gasteiger partial charge < -0.3 is 15.4 Å². The van der Waals surface area contributed by atoms with Crippen LogP contribution in [-0.2, 0) is 27.7 Å². The largest absolute Gasteiger partial charge is 0.411 e. The molecule has 0 amide bonds. The second-order valence-electron chi connectivity index (χ2n) is 6.58. The molecule has 0 saturated carbocycles. The Bertz CT molecular complexity index is 720. The van der Waals surface area contributed by atoms with Crippen molar-refractivity contribution in [2.24, 2.45) is 4.99 Å². The van der Waals surface area contributed by atoms with Crippen LogP contribution in [0, 0.1) is 0 Å². The number of sulfone groups is 1. The van der Waals surface area contributed by atoms with Gasteiger partial charge in [0.1, 0.15) is 16.4 Å². The molecule has 1 unspecified atom stereocenters. The molecule has 1 atom stereocenters. The molecule has 0 aliphatic heterocycles. The van der Waals surface area contributed by atoms with E-state index in [4.69, 9.17) is 0 Å². The van der Waals surface area contributed by atoms with E-state index < -0.39 is 22.6 Å². The smallest absolute Gasteiger partial charge is 0.367 e. The lowest BCUT2D eigenvalue weighted by Gasteiger charge is -2.17. The fourth-order valence-corrected chi connectivity index (χ4v) is 2.99. The lowest BCUT2D eigenvalue weighted by Crippen LogP contribution is -2.42. The monoisotopic (exact) mass is 423 g/mol. The van der Waals surface area contributed by atoms with Crippen LogP contribution in [0.2, 0.25) is 0 Å². The van der Waals surface area contributed by atoms with Gasteiger partial charge in [-0.1, -0.05) is 24.3 Å². The van der Waals surface area contributed by atoms with Crippen LogP contribution in [0.4, 0.5) is 13.2 Å². The quantitative estimate of drug-likeness (QED) is 0.447. The normalized spacial score (nSPS) is 14.0. The molecule has 160 valence electrons. The molecule has 0 radical (unpaired) electrons. The van der Waals surface area contributed by atoms with E-state index in [0.29, 0.717) is 31.0 Å². The van der Waals surface area contributed by atoms with Crippen LogP contribution >= 0.6 is 0 Å². The summed E-state index contributed by atoms with van der Waals surface area (Å²) >= 11 is 0. The van der Waals surface area contributed by atoms with Gasteiger partial charge in [-0.25, -0.2) is 13.4 Å². The third-order valence-electron chi connectivity index (χ3n) is 3.63. The zero-order valence-corrected chi connectivity index (χ0v) is 17.2. The van der Waals surface area contributed by atoms with Crippen LogP contribution in [0.25, 0.3) is 0 Å². The second-order valence-corrected chi connectivity index (χ2v) is 8.84. The first-order valence-corrected chi connectivity index (χ1v) is 11.0. The fourth-order valence-electron chi connectivity index (χ4n) is 2.21. The lowest BCUT2D eigenvalue weighted by molar-refractivity contribution is -0.176. The molecule has 0 aliphatic rings. The minimum Gasteiger partial charge on any atom is -0.367 e. The highest BCUT2D eigenvalue weighted by atomic mass is 32.2. The van der Waals surface area contributed by atoms with E-state index in [2.05, 4.69) is 20.4 Å². The van der Waals surface area contributed by atoms with E-state index in [1.165, 1.54) is 6.26 Å². The zero-order chi connectivity index (χ0) is 21.2. The van der Waals surface area contributed by atoms with Gasteiger partial charge in [-0.2, -0.15) is 13.2 Å². The van der Waals surface area contributed by atoms with Crippen molar-refractivity contribution in [3.8, 4) is 0 Å². The average molecular weight is 424 g/mol. The van der Waals surface area contributed by atoms with Crippen LogP contribution < -0.4 is 10.6 Å². The van der Waals surface area contributed by atoms with Crippen molar-refractivity contribution in [1.29, 1.82) is 0 Å². The maximum absolute atomic E-state index is 12.1. The number of halogens is 3. The number of hydrogen-bond donors (Lipinski definition) is 2. The molecular weight excluding hydrogens is 395 g/mol. The van der Waals surface area contributed by atoms with Gasteiger partial charge >= 0.3 is 6.18 Å². The predicted molar refractivity (Wildman–Crippen MR) is 104 cm³/mol. The summed E-state index contributed by atoms with van der Waals surface area (Å²) in [7, 11) is -3.01. The van der Waals surface area contributed by atoms with Crippen molar-refractivity contribution in [3.63, 3.8) is 0 Å². The summed E-state index contributed by atoms with van der Waals surface area (Å²) in [6.07, 6.45) is -2.66. The fraction of sp³-hybridized carbons (Fsp3) is 0.611. The van der Waals surface area contributed by atoms with Crippen molar-refractivity contribution < 1.29 is 26.3 Å². The number of ether oxygens (including phenoxy) is 1. The molecule has 1 aromatic carbocycles. The van der Waals surface area contributed by atoms with Crippen molar-refractivity contribution in [2.75, 3.05) is 25.2 Å². The minimum absolute atomic E-state index is 0.0688. The summed E-state index contributed by atoms with van der Waals surface area (Å²) in [6.45, 7) is 3.46. The van der Waals surface area contributed by atoms with Crippen molar-refractivity contribution in [3.05, 3.63) is 35.4 Å². The predicted octanol–water partition coefficient (Wildman–Crippen LogP) is 2.64. The Hall–Kier alpha value is -1.81. The van der Waals surface area contributed by atoms with Crippen LogP contribution in [0.1, 0.15) is 31.4 Å². The molecule has 0 aromatic heterocycles. The van der Waals surface area contributed by atoms with E-state index in [1.807, 2.05) is 13.8 Å². The standard InChI is InChI=1S/C18H28F3N3O3S/c1-4-22-17(24-14(2)9-10-28(3,25)26)23-11-15-5-7-16(8-6-15)12-27-13-18(19,20)21/h5-8,14H,4,9-13H2,1-3H3,(H2,22,23,24). The van der Waals surface area contributed by atoms with Crippen LogP contribution in [0.15, 0.2) is 29.3 Å². The van der Waals surface area contributed by atoms with E-state index in [0.717, 1.165) is 5.56 Å². The van der Waals surface area contributed by atoms with Gasteiger partial charge in [-0.15, -0.1) is 0 Å². The Morgan fingerprint density at radius 1 is 1.21 bits per heavy atom. The SMILES string of the molecule is CCNC(=NCc1ccc(COCC(F)(F)F)cc1)NC(C)CCS(C)(=O)=O. The van der Waals surface area contributed by atoms with Crippen molar-refractivity contribution >= 4 is 15.8 Å². The maximum atomic E-state index is 12.1. The summed E-state index contributed by atoms with van der Waals surface area (Å²) < 4.78 is 63.4. The van der Waals surface area contributed by atoms with Crippen LogP contribution in [0.3, 0.4) is 0 Å². The summed E-state index contributed by atoms with van der Waals surface area (Å²) in [5, 5.41) is 6.26. The Morgan fingerprint density at radius 3 is 2.36 bits per heavy atom. The Labute approximate surface area is 164 Å². The summed E-state index contributed by atoms with van der Waals surface area (Å²) in [5.41, 5.74) is 1.54. The Morgan fingerprint density at radius 2 is 1.82 bits per heavy atom. The minimum atomic E-state index is -4.33. The van der Waals surface area contributed by atoms with E-state index in [9.17, 15) is 21.6 Å². The van der Waals surface area contributed by atoms with Gasteiger partial charge in [0.05, 0.1) is 18.9 Å². The molecule has 0 bridgehead atoms. The summed E-state index contributed by atoms with van der Waals surface area (Å²) in [4.78, 5) is 4.46. The maximum Gasteiger partial charge on any atom is 0.411 e. The highest BCUT2D eigenvalue weighted by molar-refractivity contribution is 7.90. The Kier molecular flexibility index (Phi) is 9.74. The van der Waals surface area contributed by atoms with Gasteiger partial charge in [0.15, 0.2) is 5.96 Å². The van der Waals surface area contributed by atoms with Crippen molar-refractivity contribution in [2.45, 2.75) is 45.6 Å². The molecular formula is C18H28F3N3O3S. The second kappa shape index (κ2) is 11.3. The molecule has 2 N–H and O–H groups in total. The van der Waals surface area contributed by atoms with Gasteiger partial charge in [-0.3, -0.25) is 0 Å². The summed E-state index contributed by atoms with van der Waals surface area (Å²) in [5.74, 6) is 0.666. The van der Waals surface area contributed by atoms with Crippen LogP contribution in [0.5, 0.6) is 0 Å². The molecule has 1 aromatic rings. The molecule has 0 fully saturated rings. The number of nitrogens with zero attached hydrogens (tertiary/aromatic N) is 1. The number of guanidine groups is 1. The van der Waals surface area contributed by atoms with Gasteiger partial charge in [0.25, 0.3) is 0 Å². The van der Waals surface area contributed by atoms with Crippen LogP contribution in [-0.4, -0.2) is 51.8 Å². The third kappa shape index (κ3) is 11.8. The lowest BCUT2D eigenvalue weighted by atomic mass is 10.1.